The van der Waals surface area contributed by atoms with Crippen molar-refractivity contribution in [1.29, 1.82) is 0 Å². The highest BCUT2D eigenvalue weighted by atomic mass is 16.4. The second kappa shape index (κ2) is 5.67. The number of carboxylic acid groups (broad SMARTS) is 1. The number of hydrogen-bond acceptors (Lipinski definition) is 2. The minimum Gasteiger partial charge on any atom is -0.481 e. The van der Waals surface area contributed by atoms with Crippen molar-refractivity contribution in [2.24, 2.45) is 5.92 Å². The lowest BCUT2D eigenvalue weighted by atomic mass is 10.2. The Morgan fingerprint density at radius 3 is 1.62 bits per heavy atom. The average molecular weight is 322 g/mol. The van der Waals surface area contributed by atoms with Gasteiger partial charge in [0.15, 0.2) is 0 Å². The van der Waals surface area contributed by atoms with Crippen molar-refractivity contribution >= 4 is 12.0 Å². The van der Waals surface area contributed by atoms with Crippen LogP contribution in [-0.2, 0) is 17.9 Å². The number of carbonyl (C=O) groups excluding carboxylic acids is 1. The number of amides is 2. The summed E-state index contributed by atoms with van der Waals surface area (Å²) in [5.74, 6) is -1.32. The van der Waals surface area contributed by atoms with Gasteiger partial charge in [0.1, 0.15) is 5.92 Å². The Morgan fingerprint density at radius 1 is 0.833 bits per heavy atom. The van der Waals surface area contributed by atoms with Crippen LogP contribution in [0.3, 0.4) is 0 Å². The van der Waals surface area contributed by atoms with Gasteiger partial charge < -0.3 is 14.9 Å². The fourth-order valence-electron chi connectivity index (χ4n) is 3.65. The molecule has 1 saturated heterocycles. The van der Waals surface area contributed by atoms with Crippen LogP contribution in [0.2, 0.25) is 0 Å². The van der Waals surface area contributed by atoms with Gasteiger partial charge in [-0.25, -0.2) is 4.79 Å². The van der Waals surface area contributed by atoms with Gasteiger partial charge in [-0.1, -0.05) is 60.7 Å². The summed E-state index contributed by atoms with van der Waals surface area (Å²) in [7, 11) is 0. The number of benzene rings is 2. The molecule has 2 amide bonds. The number of urea groups is 1. The molecule has 0 aromatic heterocycles. The topological polar surface area (TPSA) is 60.9 Å². The van der Waals surface area contributed by atoms with Gasteiger partial charge in [-0.15, -0.1) is 0 Å². The van der Waals surface area contributed by atoms with E-state index in [1.807, 2.05) is 60.7 Å². The van der Waals surface area contributed by atoms with Crippen LogP contribution in [0.4, 0.5) is 4.79 Å². The maximum atomic E-state index is 12.8. The van der Waals surface area contributed by atoms with Crippen molar-refractivity contribution in [2.45, 2.75) is 25.2 Å². The summed E-state index contributed by atoms with van der Waals surface area (Å²) in [6.07, 6.45) is 0. The number of aliphatic carboxylic acids is 1. The molecule has 1 heterocycles. The van der Waals surface area contributed by atoms with Crippen LogP contribution in [0.5, 0.6) is 0 Å². The highest BCUT2D eigenvalue weighted by molar-refractivity contribution is 5.87. The van der Waals surface area contributed by atoms with E-state index in [-0.39, 0.29) is 18.1 Å². The maximum Gasteiger partial charge on any atom is 0.321 e. The molecule has 3 atom stereocenters. The zero-order chi connectivity index (χ0) is 16.7. The fraction of sp³-hybridized carbons (Fsp3) is 0.263. The molecule has 2 aromatic rings. The zero-order valence-corrected chi connectivity index (χ0v) is 13.1. The molecular formula is C19H18N2O3. The van der Waals surface area contributed by atoms with Gasteiger partial charge in [0.2, 0.25) is 0 Å². The highest BCUT2D eigenvalue weighted by Gasteiger charge is 2.68. The summed E-state index contributed by atoms with van der Waals surface area (Å²) in [4.78, 5) is 27.7. The van der Waals surface area contributed by atoms with Crippen LogP contribution >= 0.6 is 0 Å². The first kappa shape index (κ1) is 14.8. The van der Waals surface area contributed by atoms with Gasteiger partial charge in [0, 0.05) is 13.1 Å². The molecular weight excluding hydrogens is 304 g/mol. The molecule has 1 unspecified atom stereocenters. The second-order valence-corrected chi connectivity index (χ2v) is 6.35. The normalized spacial score (nSPS) is 24.8. The molecule has 0 radical (unpaired) electrons. The predicted octanol–water partition coefficient (Wildman–Crippen LogP) is 2.58. The van der Waals surface area contributed by atoms with E-state index in [1.54, 1.807) is 9.80 Å². The molecule has 122 valence electrons. The van der Waals surface area contributed by atoms with E-state index in [2.05, 4.69) is 0 Å². The molecule has 1 aliphatic heterocycles. The molecule has 4 rings (SSSR count). The Labute approximate surface area is 140 Å². The molecule has 2 aromatic carbocycles. The smallest absolute Gasteiger partial charge is 0.321 e. The van der Waals surface area contributed by atoms with Gasteiger partial charge in [0.05, 0.1) is 12.1 Å². The Morgan fingerprint density at radius 2 is 1.25 bits per heavy atom. The fourth-order valence-corrected chi connectivity index (χ4v) is 3.65. The molecule has 5 heteroatoms. The first-order chi connectivity index (χ1) is 11.7. The second-order valence-electron chi connectivity index (χ2n) is 6.35. The summed E-state index contributed by atoms with van der Waals surface area (Å²) < 4.78 is 0. The third-order valence-corrected chi connectivity index (χ3v) is 4.83. The van der Waals surface area contributed by atoms with Crippen molar-refractivity contribution in [1.82, 2.24) is 9.80 Å². The van der Waals surface area contributed by atoms with Crippen molar-refractivity contribution in [3.63, 3.8) is 0 Å². The zero-order valence-electron chi connectivity index (χ0n) is 13.1. The van der Waals surface area contributed by atoms with Crippen LogP contribution in [0.1, 0.15) is 11.1 Å². The largest absolute Gasteiger partial charge is 0.481 e. The molecule has 24 heavy (non-hydrogen) atoms. The minimum absolute atomic E-state index is 0.0739. The SMILES string of the molecule is O=C(O)C1[C@@H]2[C@H]1N(Cc1ccccc1)C(=O)N2Cc1ccccc1. The van der Waals surface area contributed by atoms with E-state index in [0.717, 1.165) is 11.1 Å². The third kappa shape index (κ3) is 2.42. The molecule has 2 fully saturated rings. The molecule has 0 spiro atoms. The van der Waals surface area contributed by atoms with E-state index < -0.39 is 11.9 Å². The summed E-state index contributed by atoms with van der Waals surface area (Å²) >= 11 is 0. The van der Waals surface area contributed by atoms with Gasteiger partial charge in [0.25, 0.3) is 0 Å². The highest BCUT2D eigenvalue weighted by Crippen LogP contribution is 2.48. The first-order valence-corrected chi connectivity index (χ1v) is 8.05. The van der Waals surface area contributed by atoms with Gasteiger partial charge in [-0.2, -0.15) is 0 Å². The summed E-state index contributed by atoms with van der Waals surface area (Å²) in [5, 5.41) is 9.45. The van der Waals surface area contributed by atoms with Crippen molar-refractivity contribution in [3.8, 4) is 0 Å². The van der Waals surface area contributed by atoms with E-state index in [9.17, 15) is 14.7 Å². The van der Waals surface area contributed by atoms with Crippen LogP contribution < -0.4 is 0 Å². The molecule has 5 nitrogen and oxygen atoms in total. The molecule has 1 N–H and O–H groups in total. The Balaban J connectivity index is 1.57. The van der Waals surface area contributed by atoms with E-state index in [4.69, 9.17) is 0 Å². The van der Waals surface area contributed by atoms with Crippen molar-refractivity contribution in [3.05, 3.63) is 71.8 Å². The van der Waals surface area contributed by atoms with E-state index in [0.29, 0.717) is 13.1 Å². The Bertz CT molecular complexity index is 705. The molecule has 2 aliphatic rings. The standard InChI is InChI=1S/C19H18N2O3/c22-18(23)15-16-17(15)21(12-14-9-5-2-6-10-14)19(24)20(16)11-13-7-3-1-4-8-13/h1-10,15-17H,11-12H2,(H,22,23)/t15?,16-,17+. The summed E-state index contributed by atoms with van der Waals surface area (Å²) in [6, 6.07) is 18.9. The molecule has 0 bridgehead atoms. The lowest BCUT2D eigenvalue weighted by molar-refractivity contribution is -0.139. The van der Waals surface area contributed by atoms with E-state index >= 15 is 0 Å². The number of hydrogen-bond donors (Lipinski definition) is 1. The van der Waals surface area contributed by atoms with Gasteiger partial charge in [-0.05, 0) is 11.1 Å². The number of nitrogens with zero attached hydrogens (tertiary/aromatic N) is 2. The lowest BCUT2D eigenvalue weighted by Crippen LogP contribution is -2.39. The molecule has 1 aliphatic carbocycles. The number of carbonyl (C=O) groups is 2. The molecule has 1 saturated carbocycles. The first-order valence-electron chi connectivity index (χ1n) is 8.05. The maximum absolute atomic E-state index is 12.8. The lowest BCUT2D eigenvalue weighted by Gasteiger charge is -2.25. The Hall–Kier alpha value is -2.82. The van der Waals surface area contributed by atoms with Crippen LogP contribution in [-0.4, -0.2) is 39.0 Å². The van der Waals surface area contributed by atoms with Gasteiger partial charge in [-0.3, -0.25) is 4.79 Å². The van der Waals surface area contributed by atoms with E-state index in [1.165, 1.54) is 0 Å². The van der Waals surface area contributed by atoms with Gasteiger partial charge >= 0.3 is 12.0 Å². The monoisotopic (exact) mass is 322 g/mol. The number of rotatable bonds is 5. The van der Waals surface area contributed by atoms with Crippen LogP contribution in [0.25, 0.3) is 0 Å². The number of carboxylic acids is 1. The number of fused-ring (bicyclic) bond motifs is 1. The minimum atomic E-state index is -0.825. The van der Waals surface area contributed by atoms with Crippen molar-refractivity contribution in [2.75, 3.05) is 0 Å². The van der Waals surface area contributed by atoms with Crippen LogP contribution in [0.15, 0.2) is 60.7 Å². The predicted molar refractivity (Wildman–Crippen MR) is 88.1 cm³/mol. The van der Waals surface area contributed by atoms with Crippen LogP contribution in [0, 0.1) is 5.92 Å². The quantitative estimate of drug-likeness (QED) is 0.920. The average Bonchev–Trinajstić information content (AvgIpc) is 3.28. The summed E-state index contributed by atoms with van der Waals surface area (Å²) in [6.45, 7) is 0.909. The summed E-state index contributed by atoms with van der Waals surface area (Å²) in [5.41, 5.74) is 2.03. The van der Waals surface area contributed by atoms with Crippen molar-refractivity contribution < 1.29 is 14.7 Å². The third-order valence-electron chi connectivity index (χ3n) is 4.83. The Kier molecular flexibility index (Phi) is 3.49.